The molecule has 5 unspecified atom stereocenters. The number of methoxy groups -OCH3 is 2. The van der Waals surface area contributed by atoms with Crippen molar-refractivity contribution in [1.29, 1.82) is 0 Å². The predicted molar refractivity (Wildman–Crippen MR) is 99.4 cm³/mol. The van der Waals surface area contributed by atoms with E-state index in [2.05, 4.69) is 32.9 Å². The van der Waals surface area contributed by atoms with E-state index in [0.29, 0.717) is 5.92 Å². The summed E-state index contributed by atoms with van der Waals surface area (Å²) in [5.74, 6) is 2.88. The van der Waals surface area contributed by atoms with Crippen molar-refractivity contribution in [2.24, 2.45) is 17.3 Å². The summed E-state index contributed by atoms with van der Waals surface area (Å²) < 4.78 is 11.6. The zero-order valence-electron chi connectivity index (χ0n) is 16.3. The molecule has 25 heavy (non-hydrogen) atoms. The average Bonchev–Trinajstić information content (AvgIpc) is 2.85. The van der Waals surface area contributed by atoms with Gasteiger partial charge in [0.1, 0.15) is 11.5 Å². The van der Waals surface area contributed by atoms with Crippen LogP contribution in [0.3, 0.4) is 0 Å². The average molecular weight is 344 g/mol. The minimum absolute atomic E-state index is 0.0123. The molecule has 0 amide bonds. The van der Waals surface area contributed by atoms with Gasteiger partial charge >= 0.3 is 0 Å². The van der Waals surface area contributed by atoms with Crippen LogP contribution in [0.25, 0.3) is 0 Å². The lowest BCUT2D eigenvalue weighted by molar-refractivity contribution is -0.144. The third-order valence-electron chi connectivity index (χ3n) is 8.26. The molecular weight excluding hydrogens is 312 g/mol. The van der Waals surface area contributed by atoms with E-state index in [1.807, 2.05) is 0 Å². The van der Waals surface area contributed by atoms with Gasteiger partial charge in [-0.05, 0) is 74.8 Å². The van der Waals surface area contributed by atoms with Crippen molar-refractivity contribution in [3.8, 4) is 11.5 Å². The van der Waals surface area contributed by atoms with Gasteiger partial charge in [0, 0.05) is 16.5 Å². The van der Waals surface area contributed by atoms with E-state index >= 15 is 0 Å². The molecule has 0 saturated heterocycles. The molecular formula is C22H32O3. The summed E-state index contributed by atoms with van der Waals surface area (Å²) in [7, 11) is 3.54. The van der Waals surface area contributed by atoms with Crippen LogP contribution in [0.1, 0.15) is 64.0 Å². The van der Waals surface area contributed by atoms with Crippen LogP contribution in [0.15, 0.2) is 12.1 Å². The van der Waals surface area contributed by atoms with Crippen LogP contribution in [-0.4, -0.2) is 24.9 Å². The second kappa shape index (κ2) is 5.39. The highest BCUT2D eigenvalue weighted by Gasteiger charge is 2.68. The van der Waals surface area contributed by atoms with E-state index in [1.165, 1.54) is 17.5 Å². The van der Waals surface area contributed by atoms with E-state index in [9.17, 15) is 5.11 Å². The van der Waals surface area contributed by atoms with Gasteiger partial charge in [-0.15, -0.1) is 0 Å². The number of hydrogen-bond acceptors (Lipinski definition) is 3. The molecule has 4 rings (SSSR count). The molecule has 2 fully saturated rings. The standard InChI is InChI=1S/C22H32O3/c1-14-7-10-18-21(3,23)11-6-12-22(18)19-15(13-20(14,22)2)16(24-4)8-9-17(19)25-5/h8-9,14,18,23H,6-7,10-13H2,1-5H3. The third kappa shape index (κ3) is 1.96. The van der Waals surface area contributed by atoms with E-state index in [-0.39, 0.29) is 16.7 Å². The first-order valence-electron chi connectivity index (χ1n) is 9.78. The van der Waals surface area contributed by atoms with Crippen molar-refractivity contribution in [2.75, 3.05) is 14.2 Å². The Morgan fingerprint density at radius 3 is 2.40 bits per heavy atom. The van der Waals surface area contributed by atoms with E-state index < -0.39 is 5.60 Å². The van der Waals surface area contributed by atoms with Gasteiger partial charge < -0.3 is 14.6 Å². The van der Waals surface area contributed by atoms with Crippen molar-refractivity contribution < 1.29 is 14.6 Å². The van der Waals surface area contributed by atoms with Gasteiger partial charge in [0.05, 0.1) is 19.8 Å². The largest absolute Gasteiger partial charge is 0.496 e. The molecule has 1 aromatic carbocycles. The Labute approximate surface area is 151 Å². The van der Waals surface area contributed by atoms with Crippen LogP contribution in [-0.2, 0) is 11.8 Å². The highest BCUT2D eigenvalue weighted by molar-refractivity contribution is 5.59. The molecule has 3 nitrogen and oxygen atoms in total. The van der Waals surface area contributed by atoms with Gasteiger partial charge in [0.25, 0.3) is 0 Å². The Balaban J connectivity index is 2.04. The maximum Gasteiger partial charge on any atom is 0.123 e. The lowest BCUT2D eigenvalue weighted by Crippen LogP contribution is -2.62. The Morgan fingerprint density at radius 2 is 1.72 bits per heavy atom. The van der Waals surface area contributed by atoms with Crippen LogP contribution in [0.5, 0.6) is 11.5 Å². The predicted octanol–water partition coefficient (Wildman–Crippen LogP) is 4.49. The molecule has 138 valence electrons. The van der Waals surface area contributed by atoms with Gasteiger partial charge in [-0.25, -0.2) is 0 Å². The number of benzene rings is 1. The van der Waals surface area contributed by atoms with Crippen molar-refractivity contribution >= 4 is 0 Å². The maximum atomic E-state index is 11.4. The molecule has 3 aliphatic rings. The molecule has 1 spiro atoms. The quantitative estimate of drug-likeness (QED) is 0.859. The number of rotatable bonds is 2. The number of hydrogen-bond donors (Lipinski definition) is 1. The fraction of sp³-hybridized carbons (Fsp3) is 0.727. The van der Waals surface area contributed by atoms with E-state index in [0.717, 1.165) is 43.6 Å². The fourth-order valence-corrected chi connectivity index (χ4v) is 6.94. The highest BCUT2D eigenvalue weighted by atomic mass is 16.5. The summed E-state index contributed by atoms with van der Waals surface area (Å²) in [5.41, 5.74) is 2.19. The molecule has 1 aromatic rings. The highest BCUT2D eigenvalue weighted by Crippen LogP contribution is 2.71. The van der Waals surface area contributed by atoms with Crippen LogP contribution in [0.4, 0.5) is 0 Å². The second-order valence-electron chi connectivity index (χ2n) is 9.13. The molecule has 0 radical (unpaired) electrons. The summed E-state index contributed by atoms with van der Waals surface area (Å²) in [6.07, 6.45) is 6.44. The number of aliphatic hydroxyl groups is 1. The van der Waals surface area contributed by atoms with E-state index in [4.69, 9.17) is 9.47 Å². The molecule has 3 aliphatic carbocycles. The van der Waals surface area contributed by atoms with E-state index in [1.54, 1.807) is 14.2 Å². The first kappa shape index (κ1) is 17.2. The Kier molecular flexibility index (Phi) is 3.71. The Morgan fingerprint density at radius 1 is 1.04 bits per heavy atom. The van der Waals surface area contributed by atoms with Crippen molar-refractivity contribution in [3.05, 3.63) is 23.3 Å². The first-order chi connectivity index (χ1) is 11.8. The number of fused-ring (bicyclic) bond motifs is 1. The fourth-order valence-electron chi connectivity index (χ4n) is 6.94. The molecule has 2 saturated carbocycles. The molecule has 0 aliphatic heterocycles. The topological polar surface area (TPSA) is 38.7 Å². The van der Waals surface area contributed by atoms with Gasteiger partial charge in [-0.3, -0.25) is 0 Å². The van der Waals surface area contributed by atoms with Crippen molar-refractivity contribution in [3.63, 3.8) is 0 Å². The van der Waals surface area contributed by atoms with Crippen LogP contribution < -0.4 is 9.47 Å². The Bertz CT molecular complexity index is 695. The monoisotopic (exact) mass is 344 g/mol. The smallest absolute Gasteiger partial charge is 0.123 e. The third-order valence-corrected chi connectivity index (χ3v) is 8.26. The maximum absolute atomic E-state index is 11.4. The zero-order valence-corrected chi connectivity index (χ0v) is 16.3. The normalized spacial score (nSPS) is 42.3. The van der Waals surface area contributed by atoms with Gasteiger partial charge in [-0.2, -0.15) is 0 Å². The molecule has 1 N–H and O–H groups in total. The second-order valence-corrected chi connectivity index (χ2v) is 9.13. The van der Waals surface area contributed by atoms with Gasteiger partial charge in [-0.1, -0.05) is 13.8 Å². The van der Waals surface area contributed by atoms with Crippen LogP contribution in [0, 0.1) is 17.3 Å². The molecule has 0 bridgehead atoms. The Hall–Kier alpha value is -1.22. The summed E-state index contributed by atoms with van der Waals surface area (Å²) in [4.78, 5) is 0. The van der Waals surface area contributed by atoms with Crippen molar-refractivity contribution in [2.45, 2.75) is 70.3 Å². The SMILES string of the molecule is COc1ccc(OC)c2c1CC1(C)C(C)CCC3C(C)(O)CCCC231. The minimum Gasteiger partial charge on any atom is -0.496 e. The molecule has 3 heteroatoms. The molecule has 0 aromatic heterocycles. The zero-order chi connectivity index (χ0) is 18.0. The lowest BCUT2D eigenvalue weighted by atomic mass is 9.42. The molecule has 0 heterocycles. The summed E-state index contributed by atoms with van der Waals surface area (Å²) >= 11 is 0. The summed E-state index contributed by atoms with van der Waals surface area (Å²) in [6.45, 7) is 6.94. The number of ether oxygens (including phenoxy) is 2. The van der Waals surface area contributed by atoms with Crippen LogP contribution >= 0.6 is 0 Å². The summed E-state index contributed by atoms with van der Waals surface area (Å²) in [5, 5.41) is 11.4. The minimum atomic E-state index is -0.602. The van der Waals surface area contributed by atoms with Crippen molar-refractivity contribution in [1.82, 2.24) is 0 Å². The van der Waals surface area contributed by atoms with Gasteiger partial charge in [0.15, 0.2) is 0 Å². The summed E-state index contributed by atoms with van der Waals surface area (Å²) in [6, 6.07) is 4.12. The van der Waals surface area contributed by atoms with Crippen LogP contribution in [0.2, 0.25) is 0 Å². The first-order valence-corrected chi connectivity index (χ1v) is 9.78. The lowest BCUT2D eigenvalue weighted by Gasteiger charge is -2.62. The molecule has 5 atom stereocenters. The van der Waals surface area contributed by atoms with Gasteiger partial charge in [0.2, 0.25) is 0 Å².